The number of hydrogen-bond acceptors (Lipinski definition) is 5. The summed E-state index contributed by atoms with van der Waals surface area (Å²) < 4.78 is 31.5. The van der Waals surface area contributed by atoms with Crippen LogP contribution < -0.4 is 9.04 Å². The summed E-state index contributed by atoms with van der Waals surface area (Å²) in [4.78, 5) is 9.96. The van der Waals surface area contributed by atoms with Crippen LogP contribution in [0.4, 0.5) is 11.4 Å². The van der Waals surface area contributed by atoms with Crippen LogP contribution in [0.3, 0.4) is 0 Å². The monoisotopic (exact) mass is 322 g/mol. The average molecular weight is 322 g/mol. The van der Waals surface area contributed by atoms with E-state index in [-0.39, 0.29) is 4.90 Å². The maximum atomic E-state index is 12.7. The van der Waals surface area contributed by atoms with Crippen LogP contribution in [0.1, 0.15) is 0 Å². The second kappa shape index (κ2) is 6.02. The summed E-state index contributed by atoms with van der Waals surface area (Å²) in [6, 6.07) is 11.8. The van der Waals surface area contributed by atoms with Crippen molar-refractivity contribution in [3.8, 4) is 5.75 Å². The second-order valence-corrected chi connectivity index (χ2v) is 6.31. The fourth-order valence-corrected chi connectivity index (χ4v) is 3.36. The van der Waals surface area contributed by atoms with Gasteiger partial charge in [0.05, 0.1) is 17.7 Å². The number of methoxy groups -OCH3 is 1. The molecule has 0 atom stereocenters. The summed E-state index contributed by atoms with van der Waals surface area (Å²) in [5.74, 6) is 0.354. The van der Waals surface area contributed by atoms with Crippen molar-refractivity contribution in [2.75, 3.05) is 18.5 Å². The largest absolute Gasteiger partial charge is 0.495 e. The van der Waals surface area contributed by atoms with Gasteiger partial charge in [-0.05, 0) is 18.2 Å². The average Bonchev–Trinajstić information content (AvgIpc) is 2.54. The molecule has 116 valence electrons. The zero-order valence-corrected chi connectivity index (χ0v) is 12.8. The smallest absolute Gasteiger partial charge is 0.289 e. The number of benzene rings is 2. The van der Waals surface area contributed by atoms with Crippen molar-refractivity contribution in [2.24, 2.45) is 0 Å². The number of nitrogens with zero attached hydrogens (tertiary/aromatic N) is 2. The molecule has 0 aliphatic carbocycles. The molecule has 0 bridgehead atoms. The van der Waals surface area contributed by atoms with Crippen molar-refractivity contribution >= 4 is 21.4 Å². The molecule has 0 N–H and O–H groups in total. The van der Waals surface area contributed by atoms with E-state index in [9.17, 15) is 18.5 Å². The van der Waals surface area contributed by atoms with Crippen molar-refractivity contribution in [3.05, 3.63) is 58.6 Å². The molecule has 0 radical (unpaired) electrons. The van der Waals surface area contributed by atoms with E-state index in [0.29, 0.717) is 11.4 Å². The Morgan fingerprint density at radius 3 is 2.32 bits per heavy atom. The van der Waals surface area contributed by atoms with Crippen LogP contribution in [-0.4, -0.2) is 27.5 Å². The van der Waals surface area contributed by atoms with Gasteiger partial charge in [0, 0.05) is 13.1 Å². The molecule has 0 aromatic heterocycles. The van der Waals surface area contributed by atoms with Gasteiger partial charge in [-0.25, -0.2) is 8.42 Å². The van der Waals surface area contributed by atoms with Crippen LogP contribution >= 0.6 is 0 Å². The van der Waals surface area contributed by atoms with Crippen molar-refractivity contribution in [3.63, 3.8) is 0 Å². The van der Waals surface area contributed by atoms with Crippen molar-refractivity contribution in [1.29, 1.82) is 0 Å². The highest BCUT2D eigenvalue weighted by Gasteiger charge is 2.30. The zero-order valence-electron chi connectivity index (χ0n) is 12.0. The third-order valence-electron chi connectivity index (χ3n) is 3.12. The predicted molar refractivity (Wildman–Crippen MR) is 81.7 cm³/mol. The maximum Gasteiger partial charge on any atom is 0.289 e. The Morgan fingerprint density at radius 1 is 1.09 bits per heavy atom. The van der Waals surface area contributed by atoms with Gasteiger partial charge in [0.25, 0.3) is 15.7 Å². The second-order valence-electron chi connectivity index (χ2n) is 4.37. The van der Waals surface area contributed by atoms with Crippen LogP contribution in [0.5, 0.6) is 5.75 Å². The number of ether oxygens (including phenoxy) is 1. The van der Waals surface area contributed by atoms with E-state index >= 15 is 0 Å². The number of nitro groups is 1. The molecule has 0 amide bonds. The Kier molecular flexibility index (Phi) is 4.32. The number of hydrogen-bond donors (Lipinski definition) is 0. The first kappa shape index (κ1) is 15.8. The van der Waals surface area contributed by atoms with Gasteiger partial charge in [-0.2, -0.15) is 0 Å². The molecule has 22 heavy (non-hydrogen) atoms. The molecule has 0 unspecified atom stereocenters. The van der Waals surface area contributed by atoms with Crippen molar-refractivity contribution < 1.29 is 18.1 Å². The number of anilines is 1. The summed E-state index contributed by atoms with van der Waals surface area (Å²) in [5.41, 5.74) is -0.174. The van der Waals surface area contributed by atoms with E-state index in [4.69, 9.17) is 4.74 Å². The first-order valence-electron chi connectivity index (χ1n) is 6.25. The highest BCUT2D eigenvalue weighted by atomic mass is 32.2. The summed E-state index contributed by atoms with van der Waals surface area (Å²) in [7, 11) is -1.34. The zero-order chi connectivity index (χ0) is 16.3. The fourth-order valence-electron chi connectivity index (χ4n) is 1.99. The van der Waals surface area contributed by atoms with Gasteiger partial charge in [-0.1, -0.05) is 24.3 Å². The number of rotatable bonds is 5. The van der Waals surface area contributed by atoms with E-state index in [0.717, 1.165) is 10.4 Å². The van der Waals surface area contributed by atoms with Crippen LogP contribution in [0, 0.1) is 10.1 Å². The summed E-state index contributed by atoms with van der Waals surface area (Å²) in [5, 5.41) is 11.0. The molecule has 0 aliphatic rings. The van der Waals surface area contributed by atoms with Gasteiger partial charge in [0.2, 0.25) is 0 Å². The Hall–Kier alpha value is -2.61. The molecule has 0 heterocycles. The van der Waals surface area contributed by atoms with E-state index in [2.05, 4.69) is 0 Å². The number of sulfonamides is 1. The normalized spacial score (nSPS) is 11.0. The lowest BCUT2D eigenvalue weighted by molar-refractivity contribution is -0.387. The van der Waals surface area contributed by atoms with Gasteiger partial charge in [-0.15, -0.1) is 0 Å². The van der Waals surface area contributed by atoms with Crippen LogP contribution in [0.2, 0.25) is 0 Å². The third kappa shape index (κ3) is 2.73. The molecule has 0 saturated heterocycles. The molecule has 7 nitrogen and oxygen atoms in total. The lowest BCUT2D eigenvalue weighted by Crippen LogP contribution is -2.27. The van der Waals surface area contributed by atoms with Gasteiger partial charge >= 0.3 is 0 Å². The molecule has 0 aliphatic heterocycles. The first-order chi connectivity index (χ1) is 10.4. The third-order valence-corrected chi connectivity index (χ3v) is 4.94. The minimum Gasteiger partial charge on any atom is -0.495 e. The highest BCUT2D eigenvalue weighted by molar-refractivity contribution is 7.93. The van der Waals surface area contributed by atoms with Crippen molar-refractivity contribution in [1.82, 2.24) is 0 Å². The molecule has 0 spiro atoms. The van der Waals surface area contributed by atoms with Gasteiger partial charge < -0.3 is 4.74 Å². The minimum absolute atomic E-state index is 0.295. The van der Waals surface area contributed by atoms with Gasteiger partial charge in [0.1, 0.15) is 5.75 Å². The number of nitro benzene ring substituents is 1. The van der Waals surface area contributed by atoms with Crippen molar-refractivity contribution in [2.45, 2.75) is 4.90 Å². The van der Waals surface area contributed by atoms with Gasteiger partial charge in [0.15, 0.2) is 4.90 Å². The molecular formula is C14H14N2O5S. The Bertz CT molecular complexity index is 804. The molecule has 0 saturated carbocycles. The lowest BCUT2D eigenvalue weighted by atomic mass is 10.3. The lowest BCUT2D eigenvalue weighted by Gasteiger charge is -2.21. The molecule has 2 aromatic rings. The standard InChI is InChI=1S/C14H14N2O5S/c1-15(11-7-3-5-9-13(11)21-2)22(19,20)14-10-6-4-8-12(14)16(17)18/h3-10H,1-2H3. The fraction of sp³-hybridized carbons (Fsp3) is 0.143. The quantitative estimate of drug-likeness (QED) is 0.623. The molecule has 2 rings (SSSR count). The molecular weight excluding hydrogens is 308 g/mol. The van der Waals surface area contributed by atoms with Gasteiger partial charge in [-0.3, -0.25) is 14.4 Å². The van der Waals surface area contributed by atoms with E-state index < -0.39 is 20.6 Å². The SMILES string of the molecule is COc1ccccc1N(C)S(=O)(=O)c1ccccc1[N+](=O)[O-]. The minimum atomic E-state index is -4.09. The topological polar surface area (TPSA) is 89.8 Å². The van der Waals surface area contributed by atoms with Crippen LogP contribution in [-0.2, 0) is 10.0 Å². The Balaban J connectivity index is 2.58. The molecule has 0 fully saturated rings. The Morgan fingerprint density at radius 2 is 1.68 bits per heavy atom. The Labute approximate surface area is 128 Å². The molecule has 8 heteroatoms. The summed E-state index contributed by atoms with van der Waals surface area (Å²) in [6.07, 6.45) is 0. The van der Waals surface area contributed by atoms with E-state index in [1.807, 2.05) is 0 Å². The predicted octanol–water partition coefficient (Wildman–Crippen LogP) is 2.43. The number of para-hydroxylation sites is 3. The first-order valence-corrected chi connectivity index (χ1v) is 7.69. The summed E-state index contributed by atoms with van der Waals surface area (Å²) >= 11 is 0. The van der Waals surface area contributed by atoms with Crippen LogP contribution in [0.15, 0.2) is 53.4 Å². The van der Waals surface area contributed by atoms with E-state index in [1.165, 1.54) is 32.4 Å². The van der Waals surface area contributed by atoms with Crippen LogP contribution in [0.25, 0.3) is 0 Å². The summed E-state index contributed by atoms with van der Waals surface area (Å²) in [6.45, 7) is 0. The van der Waals surface area contributed by atoms with E-state index in [1.54, 1.807) is 24.3 Å². The maximum absolute atomic E-state index is 12.7. The molecule has 2 aromatic carbocycles. The highest BCUT2D eigenvalue weighted by Crippen LogP contribution is 2.33.